The molecule has 1 unspecified atom stereocenters. The van der Waals surface area contributed by atoms with Crippen LogP contribution in [-0.4, -0.2) is 42.4 Å². The number of hydrogen-bond donors (Lipinski definition) is 3. The summed E-state index contributed by atoms with van der Waals surface area (Å²) in [5, 5.41) is 14.0. The Hall–Kier alpha value is -0.820. The van der Waals surface area contributed by atoms with Crippen LogP contribution in [0.5, 0.6) is 0 Å². The van der Waals surface area contributed by atoms with Gasteiger partial charge in [-0.25, -0.2) is 0 Å². The molecule has 2 fully saturated rings. The van der Waals surface area contributed by atoms with E-state index in [9.17, 15) is 18.0 Å². The molecule has 1 atom stereocenters. The molecule has 0 aromatic rings. The van der Waals surface area contributed by atoms with Crippen molar-refractivity contribution in [2.75, 3.05) is 13.1 Å². The van der Waals surface area contributed by atoms with Crippen molar-refractivity contribution in [2.24, 2.45) is 5.41 Å². The van der Waals surface area contributed by atoms with Crippen molar-refractivity contribution in [3.05, 3.63) is 0 Å². The summed E-state index contributed by atoms with van der Waals surface area (Å²) < 4.78 is 38.9. The zero-order chi connectivity index (χ0) is 12.7. The van der Waals surface area contributed by atoms with Crippen LogP contribution in [0.15, 0.2) is 0 Å². The SMILES string of the molecule is O=C(NC1CC(O)C1)C1(C(F)(F)F)CCNC1. The van der Waals surface area contributed by atoms with E-state index in [-0.39, 0.29) is 25.6 Å². The molecule has 1 saturated carbocycles. The Labute approximate surface area is 96.6 Å². The van der Waals surface area contributed by atoms with Crippen LogP contribution >= 0.6 is 0 Å². The number of amides is 1. The van der Waals surface area contributed by atoms with Gasteiger partial charge in [0, 0.05) is 12.6 Å². The van der Waals surface area contributed by atoms with Gasteiger partial charge >= 0.3 is 6.18 Å². The highest BCUT2D eigenvalue weighted by Gasteiger charge is 2.61. The maximum absolute atomic E-state index is 13.0. The minimum absolute atomic E-state index is 0.195. The van der Waals surface area contributed by atoms with Crippen molar-refractivity contribution in [2.45, 2.75) is 37.6 Å². The third kappa shape index (κ3) is 2.13. The van der Waals surface area contributed by atoms with Crippen LogP contribution in [0.1, 0.15) is 19.3 Å². The molecule has 98 valence electrons. The maximum Gasteiger partial charge on any atom is 0.404 e. The summed E-state index contributed by atoms with van der Waals surface area (Å²) in [5.41, 5.74) is -2.30. The first-order valence-electron chi connectivity index (χ1n) is 5.62. The van der Waals surface area contributed by atoms with Gasteiger partial charge in [0.05, 0.1) is 6.10 Å². The molecule has 7 heteroatoms. The van der Waals surface area contributed by atoms with Crippen LogP contribution in [0.4, 0.5) is 13.2 Å². The quantitative estimate of drug-likeness (QED) is 0.656. The molecule has 4 nitrogen and oxygen atoms in total. The van der Waals surface area contributed by atoms with Gasteiger partial charge in [0.1, 0.15) is 0 Å². The Kier molecular flexibility index (Phi) is 3.07. The number of carbonyl (C=O) groups excluding carboxylic acids is 1. The lowest BCUT2D eigenvalue weighted by Crippen LogP contribution is -2.57. The van der Waals surface area contributed by atoms with Gasteiger partial charge in [-0.05, 0) is 25.8 Å². The van der Waals surface area contributed by atoms with E-state index >= 15 is 0 Å². The second kappa shape index (κ2) is 4.13. The van der Waals surface area contributed by atoms with E-state index < -0.39 is 23.6 Å². The van der Waals surface area contributed by atoms with Crippen LogP contribution < -0.4 is 10.6 Å². The van der Waals surface area contributed by atoms with E-state index in [0.29, 0.717) is 12.8 Å². The highest BCUT2D eigenvalue weighted by Crippen LogP contribution is 2.43. The molecule has 0 spiro atoms. The van der Waals surface area contributed by atoms with Gasteiger partial charge in [-0.3, -0.25) is 4.79 Å². The van der Waals surface area contributed by atoms with Crippen LogP contribution in [0, 0.1) is 5.41 Å². The number of rotatable bonds is 2. The van der Waals surface area contributed by atoms with Crippen molar-refractivity contribution < 1.29 is 23.1 Å². The van der Waals surface area contributed by atoms with E-state index in [1.165, 1.54) is 0 Å². The Balaban J connectivity index is 2.04. The van der Waals surface area contributed by atoms with E-state index in [2.05, 4.69) is 10.6 Å². The van der Waals surface area contributed by atoms with Gasteiger partial charge < -0.3 is 15.7 Å². The zero-order valence-corrected chi connectivity index (χ0v) is 9.18. The van der Waals surface area contributed by atoms with Gasteiger partial charge in [0.2, 0.25) is 5.91 Å². The van der Waals surface area contributed by atoms with E-state index in [0.717, 1.165) is 0 Å². The number of hydrogen-bond acceptors (Lipinski definition) is 3. The maximum atomic E-state index is 13.0. The second-order valence-electron chi connectivity index (χ2n) is 4.80. The minimum Gasteiger partial charge on any atom is -0.393 e. The van der Waals surface area contributed by atoms with Crippen LogP contribution in [0.3, 0.4) is 0 Å². The van der Waals surface area contributed by atoms with Crippen LogP contribution in [-0.2, 0) is 4.79 Å². The summed E-state index contributed by atoms with van der Waals surface area (Å²) in [6.45, 7) is -0.169. The molecule has 1 aliphatic carbocycles. The lowest BCUT2D eigenvalue weighted by Gasteiger charge is -2.36. The van der Waals surface area contributed by atoms with Crippen molar-refractivity contribution in [1.82, 2.24) is 10.6 Å². The van der Waals surface area contributed by atoms with Gasteiger partial charge in [-0.2, -0.15) is 13.2 Å². The molecule has 0 bridgehead atoms. The number of alkyl halides is 3. The fraction of sp³-hybridized carbons (Fsp3) is 0.900. The third-order valence-corrected chi connectivity index (χ3v) is 3.58. The molecular weight excluding hydrogens is 237 g/mol. The largest absolute Gasteiger partial charge is 0.404 e. The fourth-order valence-corrected chi connectivity index (χ4v) is 2.29. The minimum atomic E-state index is -4.54. The fourth-order valence-electron chi connectivity index (χ4n) is 2.29. The summed E-state index contributed by atoms with van der Waals surface area (Å²) >= 11 is 0. The number of aliphatic hydroxyl groups excluding tert-OH is 1. The molecule has 2 rings (SSSR count). The van der Waals surface area contributed by atoms with Crippen molar-refractivity contribution in [3.63, 3.8) is 0 Å². The summed E-state index contributed by atoms with van der Waals surface area (Å²) in [4.78, 5) is 11.8. The molecular formula is C10H15F3N2O2. The predicted molar refractivity (Wildman–Crippen MR) is 53.1 cm³/mol. The first-order valence-corrected chi connectivity index (χ1v) is 5.62. The zero-order valence-electron chi connectivity index (χ0n) is 9.18. The number of aliphatic hydroxyl groups is 1. The number of halogens is 3. The molecule has 1 aliphatic heterocycles. The van der Waals surface area contributed by atoms with Crippen LogP contribution in [0.25, 0.3) is 0 Å². The summed E-state index contributed by atoms with van der Waals surface area (Å²) in [7, 11) is 0. The first-order chi connectivity index (χ1) is 7.85. The Morgan fingerprint density at radius 3 is 2.47 bits per heavy atom. The van der Waals surface area contributed by atoms with Crippen LogP contribution in [0.2, 0.25) is 0 Å². The molecule has 3 N–H and O–H groups in total. The molecule has 0 aromatic heterocycles. The average Bonchev–Trinajstić information content (AvgIpc) is 2.63. The summed E-state index contributed by atoms with van der Waals surface area (Å²) in [5.74, 6) is -0.966. The molecule has 0 aromatic carbocycles. The third-order valence-electron chi connectivity index (χ3n) is 3.58. The normalized spacial score (nSPS) is 37.6. The van der Waals surface area contributed by atoms with Gasteiger partial charge in [0.25, 0.3) is 0 Å². The monoisotopic (exact) mass is 252 g/mol. The Bertz CT molecular complexity index is 307. The molecule has 1 heterocycles. The summed E-state index contributed by atoms with van der Waals surface area (Å²) in [6, 6.07) is -0.322. The van der Waals surface area contributed by atoms with Gasteiger partial charge in [-0.1, -0.05) is 0 Å². The molecule has 1 saturated heterocycles. The average molecular weight is 252 g/mol. The topological polar surface area (TPSA) is 61.4 Å². The molecule has 2 aliphatic rings. The highest BCUT2D eigenvalue weighted by atomic mass is 19.4. The van der Waals surface area contributed by atoms with E-state index in [4.69, 9.17) is 5.11 Å². The lowest BCUT2D eigenvalue weighted by atomic mass is 9.83. The van der Waals surface area contributed by atoms with Crippen molar-refractivity contribution in [3.8, 4) is 0 Å². The molecule has 17 heavy (non-hydrogen) atoms. The van der Waals surface area contributed by atoms with E-state index in [1.54, 1.807) is 0 Å². The molecule has 0 radical (unpaired) electrons. The van der Waals surface area contributed by atoms with Gasteiger partial charge in [0.15, 0.2) is 5.41 Å². The second-order valence-corrected chi connectivity index (χ2v) is 4.80. The summed E-state index contributed by atoms with van der Waals surface area (Å²) in [6.07, 6.45) is -4.58. The van der Waals surface area contributed by atoms with Crippen molar-refractivity contribution >= 4 is 5.91 Å². The highest BCUT2D eigenvalue weighted by molar-refractivity contribution is 5.84. The van der Waals surface area contributed by atoms with E-state index in [1.807, 2.05) is 0 Å². The molecule has 1 amide bonds. The Morgan fingerprint density at radius 1 is 1.41 bits per heavy atom. The lowest BCUT2D eigenvalue weighted by molar-refractivity contribution is -0.216. The van der Waals surface area contributed by atoms with Crippen molar-refractivity contribution in [1.29, 1.82) is 0 Å². The predicted octanol–water partition coefficient (Wildman–Crippen LogP) is 0.168. The first kappa shape index (κ1) is 12.6. The number of nitrogens with one attached hydrogen (secondary N) is 2. The standard InChI is InChI=1S/C10H15F3N2O2/c11-10(12,13)9(1-2-14-5-9)8(17)15-6-3-7(16)4-6/h6-7,14,16H,1-5H2,(H,15,17). The Morgan fingerprint density at radius 2 is 2.06 bits per heavy atom. The van der Waals surface area contributed by atoms with Gasteiger partial charge in [-0.15, -0.1) is 0 Å². The smallest absolute Gasteiger partial charge is 0.393 e. The number of carbonyl (C=O) groups is 1.